The van der Waals surface area contributed by atoms with Gasteiger partial charge in [0.1, 0.15) is 0 Å². The number of carbonyl (C=O) groups is 1. The van der Waals surface area contributed by atoms with Gasteiger partial charge in [-0.3, -0.25) is 4.79 Å². The monoisotopic (exact) mass is 286 g/mol. The SMILES string of the molecule is CN1CCC[C@@H](C(=O)Nc2ccc(C(F)(F)F)cc2)C1. The van der Waals surface area contributed by atoms with E-state index in [-0.39, 0.29) is 11.8 Å². The number of piperidine rings is 1. The average molecular weight is 286 g/mol. The molecule has 1 heterocycles. The minimum Gasteiger partial charge on any atom is -0.326 e. The molecule has 0 radical (unpaired) electrons. The molecule has 110 valence electrons. The van der Waals surface area contributed by atoms with Crippen molar-refractivity contribution in [3.63, 3.8) is 0 Å². The Bertz CT molecular complexity index is 470. The van der Waals surface area contributed by atoms with E-state index in [1.54, 1.807) is 0 Å². The lowest BCUT2D eigenvalue weighted by Gasteiger charge is -2.28. The highest BCUT2D eigenvalue weighted by atomic mass is 19.4. The van der Waals surface area contributed by atoms with E-state index in [2.05, 4.69) is 10.2 Å². The van der Waals surface area contributed by atoms with Crippen LogP contribution in [0.3, 0.4) is 0 Å². The fraction of sp³-hybridized carbons (Fsp3) is 0.500. The maximum absolute atomic E-state index is 12.4. The zero-order valence-corrected chi connectivity index (χ0v) is 11.2. The molecule has 6 heteroatoms. The molecule has 1 amide bonds. The van der Waals surface area contributed by atoms with Crippen LogP contribution in [0.1, 0.15) is 18.4 Å². The largest absolute Gasteiger partial charge is 0.416 e. The van der Waals surface area contributed by atoms with Crippen LogP contribution >= 0.6 is 0 Å². The molecule has 0 aliphatic carbocycles. The summed E-state index contributed by atoms with van der Waals surface area (Å²) >= 11 is 0. The summed E-state index contributed by atoms with van der Waals surface area (Å²) in [6, 6.07) is 4.52. The van der Waals surface area contributed by atoms with Gasteiger partial charge in [0.25, 0.3) is 0 Å². The van der Waals surface area contributed by atoms with Gasteiger partial charge in [0.05, 0.1) is 11.5 Å². The summed E-state index contributed by atoms with van der Waals surface area (Å²) in [7, 11) is 1.96. The minimum atomic E-state index is -4.35. The Morgan fingerprint density at radius 1 is 1.30 bits per heavy atom. The molecule has 1 fully saturated rings. The first-order chi connectivity index (χ1) is 9.36. The zero-order valence-electron chi connectivity index (χ0n) is 11.2. The minimum absolute atomic E-state index is 0.101. The molecular formula is C14H17F3N2O. The highest BCUT2D eigenvalue weighted by molar-refractivity contribution is 5.92. The first-order valence-corrected chi connectivity index (χ1v) is 6.53. The maximum atomic E-state index is 12.4. The number of rotatable bonds is 2. The van der Waals surface area contributed by atoms with Gasteiger partial charge in [0.2, 0.25) is 5.91 Å². The van der Waals surface area contributed by atoms with Crippen LogP contribution in [0.2, 0.25) is 0 Å². The zero-order chi connectivity index (χ0) is 14.8. The summed E-state index contributed by atoms with van der Waals surface area (Å²) in [5, 5.41) is 2.68. The Balaban J connectivity index is 1.97. The first kappa shape index (κ1) is 14.8. The Morgan fingerprint density at radius 3 is 2.50 bits per heavy atom. The number of alkyl halides is 3. The van der Waals surface area contributed by atoms with E-state index in [0.29, 0.717) is 12.2 Å². The summed E-state index contributed by atoms with van der Waals surface area (Å²) in [5.41, 5.74) is -0.316. The van der Waals surface area contributed by atoms with Crippen LogP contribution < -0.4 is 5.32 Å². The van der Waals surface area contributed by atoms with Gasteiger partial charge in [-0.15, -0.1) is 0 Å². The van der Waals surface area contributed by atoms with Crippen LogP contribution in [-0.4, -0.2) is 30.9 Å². The molecule has 1 saturated heterocycles. The van der Waals surface area contributed by atoms with E-state index in [9.17, 15) is 18.0 Å². The maximum Gasteiger partial charge on any atom is 0.416 e. The lowest BCUT2D eigenvalue weighted by atomic mass is 9.97. The number of nitrogens with zero attached hydrogens (tertiary/aromatic N) is 1. The van der Waals surface area contributed by atoms with Crippen molar-refractivity contribution in [2.75, 3.05) is 25.5 Å². The van der Waals surface area contributed by atoms with E-state index in [4.69, 9.17) is 0 Å². The molecule has 1 N–H and O–H groups in total. The van der Waals surface area contributed by atoms with Crippen LogP contribution in [0.5, 0.6) is 0 Å². The molecule has 1 aromatic carbocycles. The summed E-state index contributed by atoms with van der Waals surface area (Å²) in [6.07, 6.45) is -2.58. The number of halogens is 3. The normalized spacial score (nSPS) is 20.7. The Morgan fingerprint density at radius 2 is 1.95 bits per heavy atom. The van der Waals surface area contributed by atoms with Gasteiger partial charge in [-0.25, -0.2) is 0 Å². The standard InChI is InChI=1S/C14H17F3N2O/c1-19-8-2-3-10(9-19)13(20)18-12-6-4-11(5-7-12)14(15,16)17/h4-7,10H,2-3,8-9H2,1H3,(H,18,20)/t10-/m1/s1. The third-order valence-corrected chi connectivity index (χ3v) is 3.48. The topological polar surface area (TPSA) is 32.3 Å². The van der Waals surface area contributed by atoms with Gasteiger partial charge in [-0.1, -0.05) is 0 Å². The van der Waals surface area contributed by atoms with E-state index >= 15 is 0 Å². The molecular weight excluding hydrogens is 269 g/mol. The lowest BCUT2D eigenvalue weighted by molar-refractivity contribution is -0.137. The molecule has 0 saturated carbocycles. The second kappa shape index (κ2) is 5.83. The fourth-order valence-corrected chi connectivity index (χ4v) is 2.37. The number of amides is 1. The molecule has 20 heavy (non-hydrogen) atoms. The van der Waals surface area contributed by atoms with Crippen molar-refractivity contribution < 1.29 is 18.0 Å². The second-order valence-electron chi connectivity index (χ2n) is 5.17. The first-order valence-electron chi connectivity index (χ1n) is 6.53. The van der Waals surface area contributed by atoms with Crippen LogP contribution in [0.4, 0.5) is 18.9 Å². The van der Waals surface area contributed by atoms with Crippen molar-refractivity contribution in [3.05, 3.63) is 29.8 Å². The van der Waals surface area contributed by atoms with Gasteiger partial charge >= 0.3 is 6.18 Å². The Hall–Kier alpha value is -1.56. The number of nitrogens with one attached hydrogen (secondary N) is 1. The highest BCUT2D eigenvalue weighted by Crippen LogP contribution is 2.30. The van der Waals surface area contributed by atoms with Crippen molar-refractivity contribution in [1.29, 1.82) is 0 Å². The van der Waals surface area contributed by atoms with Crippen LogP contribution in [0.15, 0.2) is 24.3 Å². The van der Waals surface area contributed by atoms with Crippen LogP contribution in [0, 0.1) is 5.92 Å². The Labute approximate surface area is 115 Å². The summed E-state index contributed by atoms with van der Waals surface area (Å²) in [4.78, 5) is 14.1. The number of hydrogen-bond donors (Lipinski definition) is 1. The third-order valence-electron chi connectivity index (χ3n) is 3.48. The predicted molar refractivity (Wildman–Crippen MR) is 70.3 cm³/mol. The van der Waals surface area contributed by atoms with Crippen molar-refractivity contribution in [2.24, 2.45) is 5.92 Å². The molecule has 1 aliphatic rings. The molecule has 1 aliphatic heterocycles. The fourth-order valence-electron chi connectivity index (χ4n) is 2.37. The van der Waals surface area contributed by atoms with E-state index in [1.165, 1.54) is 12.1 Å². The van der Waals surface area contributed by atoms with Gasteiger partial charge in [-0.05, 0) is 50.7 Å². The summed E-state index contributed by atoms with van der Waals surface area (Å²) in [5.74, 6) is -0.229. The van der Waals surface area contributed by atoms with Gasteiger partial charge in [0, 0.05) is 12.2 Å². The van der Waals surface area contributed by atoms with Gasteiger partial charge < -0.3 is 10.2 Å². The third kappa shape index (κ3) is 3.72. The molecule has 0 bridgehead atoms. The number of anilines is 1. The van der Waals surface area contributed by atoms with Gasteiger partial charge in [-0.2, -0.15) is 13.2 Å². The lowest BCUT2D eigenvalue weighted by Crippen LogP contribution is -2.38. The summed E-state index contributed by atoms with van der Waals surface area (Å²) in [6.45, 7) is 1.66. The predicted octanol–water partition coefficient (Wildman–Crippen LogP) is 2.99. The van der Waals surface area contributed by atoms with Gasteiger partial charge in [0.15, 0.2) is 0 Å². The molecule has 1 atom stereocenters. The molecule has 3 nitrogen and oxygen atoms in total. The number of benzene rings is 1. The smallest absolute Gasteiger partial charge is 0.326 e. The number of carbonyl (C=O) groups excluding carboxylic acids is 1. The van der Waals surface area contributed by atoms with E-state index in [0.717, 1.165) is 31.5 Å². The highest BCUT2D eigenvalue weighted by Gasteiger charge is 2.30. The molecule has 0 spiro atoms. The van der Waals surface area contributed by atoms with Crippen molar-refractivity contribution in [1.82, 2.24) is 4.90 Å². The molecule has 0 aromatic heterocycles. The second-order valence-corrected chi connectivity index (χ2v) is 5.17. The van der Waals surface area contributed by atoms with Crippen molar-refractivity contribution >= 4 is 11.6 Å². The van der Waals surface area contributed by atoms with Crippen molar-refractivity contribution in [3.8, 4) is 0 Å². The Kier molecular flexibility index (Phi) is 4.32. The summed E-state index contributed by atoms with van der Waals surface area (Å²) < 4.78 is 37.3. The van der Waals surface area contributed by atoms with Crippen LogP contribution in [-0.2, 0) is 11.0 Å². The van der Waals surface area contributed by atoms with E-state index < -0.39 is 11.7 Å². The number of likely N-dealkylation sites (tertiary alicyclic amines) is 1. The van der Waals surface area contributed by atoms with Crippen molar-refractivity contribution in [2.45, 2.75) is 19.0 Å². The molecule has 1 aromatic rings. The quantitative estimate of drug-likeness (QED) is 0.906. The molecule has 2 rings (SSSR count). The van der Waals surface area contributed by atoms with Crippen LogP contribution in [0.25, 0.3) is 0 Å². The average Bonchev–Trinajstić information content (AvgIpc) is 2.38. The van der Waals surface area contributed by atoms with E-state index in [1.807, 2.05) is 7.05 Å². The molecule has 0 unspecified atom stereocenters. The number of hydrogen-bond acceptors (Lipinski definition) is 2.